The van der Waals surface area contributed by atoms with Gasteiger partial charge >= 0.3 is 12.1 Å². The van der Waals surface area contributed by atoms with Crippen LogP contribution < -0.4 is 5.73 Å². The third-order valence-corrected chi connectivity index (χ3v) is 3.00. The van der Waals surface area contributed by atoms with Crippen LogP contribution in [0, 0.1) is 0 Å². The van der Waals surface area contributed by atoms with Crippen LogP contribution in [0.2, 0.25) is 0 Å². The third-order valence-electron chi connectivity index (χ3n) is 3.00. The monoisotopic (exact) mass is 258 g/mol. The van der Waals surface area contributed by atoms with Gasteiger partial charge in [-0.25, -0.2) is 0 Å². The second-order valence-electron chi connectivity index (χ2n) is 4.36. The van der Waals surface area contributed by atoms with E-state index in [1.54, 1.807) is 12.1 Å². The van der Waals surface area contributed by atoms with Crippen LogP contribution in [-0.4, -0.2) is 23.5 Å². The van der Waals surface area contributed by atoms with Gasteiger partial charge in [-0.2, -0.15) is 13.2 Å². The molecular formula is C12H13F3N2O. The number of nitrogens with two attached hydrogens (primary N) is 1. The van der Waals surface area contributed by atoms with Gasteiger partial charge in [-0.3, -0.25) is 4.79 Å². The van der Waals surface area contributed by atoms with E-state index in [1.807, 2.05) is 6.07 Å². The number of fused-ring (bicyclic) bond motifs is 1. The Morgan fingerprint density at radius 3 is 2.67 bits per heavy atom. The number of rotatable bonds is 0. The van der Waals surface area contributed by atoms with Crippen molar-refractivity contribution in [1.82, 2.24) is 4.90 Å². The zero-order valence-electron chi connectivity index (χ0n) is 9.63. The molecule has 1 aliphatic rings. The molecule has 1 heterocycles. The second-order valence-corrected chi connectivity index (χ2v) is 4.36. The predicted molar refractivity (Wildman–Crippen MR) is 60.6 cm³/mol. The molecule has 0 radical (unpaired) electrons. The molecule has 2 N–H and O–H groups in total. The van der Waals surface area contributed by atoms with Gasteiger partial charge in [0.25, 0.3) is 0 Å². The van der Waals surface area contributed by atoms with Crippen LogP contribution in [0.15, 0.2) is 18.2 Å². The largest absolute Gasteiger partial charge is 0.471 e. The lowest BCUT2D eigenvalue weighted by Gasteiger charge is -2.22. The standard InChI is InChI=1S/C12H13F3N2O/c13-12(14,15)11(18)17-5-1-2-8-3-4-10(16)6-9(8)7-17/h3-4,6H,1-2,5,7,16H2. The van der Waals surface area contributed by atoms with Crippen molar-refractivity contribution in [1.29, 1.82) is 0 Å². The van der Waals surface area contributed by atoms with E-state index in [0.29, 0.717) is 24.1 Å². The van der Waals surface area contributed by atoms with Crippen LogP contribution in [-0.2, 0) is 17.8 Å². The highest BCUT2D eigenvalue weighted by Crippen LogP contribution is 2.25. The molecule has 1 aliphatic heterocycles. The fourth-order valence-electron chi connectivity index (χ4n) is 2.13. The summed E-state index contributed by atoms with van der Waals surface area (Å²) in [4.78, 5) is 12.1. The van der Waals surface area contributed by atoms with Crippen LogP contribution in [0.4, 0.5) is 18.9 Å². The van der Waals surface area contributed by atoms with Gasteiger partial charge in [-0.15, -0.1) is 0 Å². The van der Waals surface area contributed by atoms with E-state index in [4.69, 9.17) is 5.73 Å². The van der Waals surface area contributed by atoms with Crippen LogP contribution in [0.3, 0.4) is 0 Å². The van der Waals surface area contributed by atoms with Gasteiger partial charge in [0.05, 0.1) is 0 Å². The summed E-state index contributed by atoms with van der Waals surface area (Å²) >= 11 is 0. The minimum Gasteiger partial charge on any atom is -0.399 e. The van der Waals surface area contributed by atoms with Gasteiger partial charge in [0.15, 0.2) is 0 Å². The van der Waals surface area contributed by atoms with E-state index in [-0.39, 0.29) is 13.1 Å². The first-order valence-electron chi connectivity index (χ1n) is 5.61. The first-order chi connectivity index (χ1) is 8.38. The molecular weight excluding hydrogens is 245 g/mol. The summed E-state index contributed by atoms with van der Waals surface area (Å²) in [6.07, 6.45) is -3.62. The first kappa shape index (κ1) is 12.7. The summed E-state index contributed by atoms with van der Waals surface area (Å²) < 4.78 is 37.2. The fourth-order valence-corrected chi connectivity index (χ4v) is 2.13. The molecule has 3 nitrogen and oxygen atoms in total. The van der Waals surface area contributed by atoms with E-state index >= 15 is 0 Å². The highest BCUT2D eigenvalue weighted by atomic mass is 19.4. The maximum absolute atomic E-state index is 12.4. The number of amides is 1. The Morgan fingerprint density at radius 1 is 1.28 bits per heavy atom. The number of carbonyl (C=O) groups is 1. The molecule has 1 aromatic rings. The van der Waals surface area contributed by atoms with Crippen LogP contribution >= 0.6 is 0 Å². The van der Waals surface area contributed by atoms with Gasteiger partial charge < -0.3 is 10.6 Å². The highest BCUT2D eigenvalue weighted by molar-refractivity contribution is 5.82. The summed E-state index contributed by atoms with van der Waals surface area (Å²) in [5.41, 5.74) is 7.77. The second kappa shape index (κ2) is 4.51. The number of nitrogens with zero attached hydrogens (tertiary/aromatic N) is 1. The van der Waals surface area contributed by atoms with Gasteiger partial charge in [0, 0.05) is 18.8 Å². The molecule has 0 saturated carbocycles. The molecule has 18 heavy (non-hydrogen) atoms. The summed E-state index contributed by atoms with van der Waals surface area (Å²) in [5, 5.41) is 0. The number of nitrogen functional groups attached to an aromatic ring is 1. The molecule has 0 spiro atoms. The van der Waals surface area contributed by atoms with E-state index < -0.39 is 12.1 Å². The lowest BCUT2D eigenvalue weighted by atomic mass is 10.0. The van der Waals surface area contributed by atoms with Crippen molar-refractivity contribution >= 4 is 11.6 Å². The molecule has 0 atom stereocenters. The van der Waals surface area contributed by atoms with Crippen molar-refractivity contribution in [2.24, 2.45) is 0 Å². The van der Waals surface area contributed by atoms with Crippen LogP contribution in [0.5, 0.6) is 0 Å². The highest BCUT2D eigenvalue weighted by Gasteiger charge is 2.42. The van der Waals surface area contributed by atoms with Crippen molar-refractivity contribution in [3.8, 4) is 0 Å². The fraction of sp³-hybridized carbons (Fsp3) is 0.417. The molecule has 0 saturated heterocycles. The lowest BCUT2D eigenvalue weighted by molar-refractivity contribution is -0.186. The van der Waals surface area contributed by atoms with E-state index in [9.17, 15) is 18.0 Å². The number of anilines is 1. The molecule has 0 aromatic heterocycles. The zero-order chi connectivity index (χ0) is 13.3. The number of hydrogen-bond donors (Lipinski definition) is 1. The molecule has 0 bridgehead atoms. The minimum absolute atomic E-state index is 0.0291. The Hall–Kier alpha value is -1.72. The van der Waals surface area contributed by atoms with Crippen molar-refractivity contribution in [2.45, 2.75) is 25.6 Å². The Kier molecular flexibility index (Phi) is 3.19. The topological polar surface area (TPSA) is 46.3 Å². The zero-order valence-corrected chi connectivity index (χ0v) is 9.63. The van der Waals surface area contributed by atoms with Gasteiger partial charge in [-0.1, -0.05) is 6.07 Å². The maximum Gasteiger partial charge on any atom is 0.471 e. The number of aryl methyl sites for hydroxylation is 1. The average Bonchev–Trinajstić information content (AvgIpc) is 2.48. The van der Waals surface area contributed by atoms with Crippen molar-refractivity contribution in [2.75, 3.05) is 12.3 Å². The average molecular weight is 258 g/mol. The molecule has 0 unspecified atom stereocenters. The molecule has 0 aliphatic carbocycles. The Morgan fingerprint density at radius 2 is 2.00 bits per heavy atom. The molecule has 6 heteroatoms. The third kappa shape index (κ3) is 2.57. The number of benzene rings is 1. The molecule has 98 valence electrons. The number of halogens is 3. The normalized spacial score (nSPS) is 16.1. The molecule has 1 amide bonds. The minimum atomic E-state index is -4.81. The van der Waals surface area contributed by atoms with E-state index in [0.717, 1.165) is 10.5 Å². The van der Waals surface area contributed by atoms with Gasteiger partial charge in [0.1, 0.15) is 0 Å². The molecule has 2 rings (SSSR count). The van der Waals surface area contributed by atoms with Crippen molar-refractivity contribution in [3.05, 3.63) is 29.3 Å². The number of hydrogen-bond acceptors (Lipinski definition) is 2. The Labute approximate surface area is 102 Å². The van der Waals surface area contributed by atoms with Crippen LogP contribution in [0.25, 0.3) is 0 Å². The SMILES string of the molecule is Nc1ccc2c(c1)CN(C(=O)C(F)(F)F)CCC2. The first-order valence-corrected chi connectivity index (χ1v) is 5.61. The summed E-state index contributed by atoms with van der Waals surface area (Å²) in [7, 11) is 0. The smallest absolute Gasteiger partial charge is 0.399 e. The number of alkyl halides is 3. The Balaban J connectivity index is 2.26. The van der Waals surface area contributed by atoms with Gasteiger partial charge in [0.2, 0.25) is 0 Å². The Bertz CT molecular complexity index is 471. The summed E-state index contributed by atoms with van der Waals surface area (Å²) in [6.45, 7) is 0.0889. The quantitative estimate of drug-likeness (QED) is 0.724. The van der Waals surface area contributed by atoms with Crippen LogP contribution in [0.1, 0.15) is 17.5 Å². The van der Waals surface area contributed by atoms with E-state index in [1.165, 1.54) is 0 Å². The van der Waals surface area contributed by atoms with Gasteiger partial charge in [-0.05, 0) is 36.1 Å². The van der Waals surface area contributed by atoms with Crippen molar-refractivity contribution in [3.63, 3.8) is 0 Å². The lowest BCUT2D eigenvalue weighted by Crippen LogP contribution is -2.40. The maximum atomic E-state index is 12.4. The predicted octanol–water partition coefficient (Wildman–Crippen LogP) is 2.11. The molecule has 0 fully saturated rings. The summed E-state index contributed by atoms with van der Waals surface area (Å²) in [5.74, 6) is -1.78. The summed E-state index contributed by atoms with van der Waals surface area (Å²) in [6, 6.07) is 5.17. The van der Waals surface area contributed by atoms with Crippen molar-refractivity contribution < 1.29 is 18.0 Å². The number of carbonyl (C=O) groups excluding carboxylic acids is 1. The molecule has 1 aromatic carbocycles. The van der Waals surface area contributed by atoms with E-state index in [2.05, 4.69) is 0 Å².